The zero-order chi connectivity index (χ0) is 26.2. The molecule has 2 aliphatic rings. The van der Waals surface area contributed by atoms with Crippen LogP contribution in [0, 0.1) is 12.7 Å². The Labute approximate surface area is 220 Å². The Hall–Kier alpha value is -3.25. The van der Waals surface area contributed by atoms with Gasteiger partial charge >= 0.3 is 0 Å². The molecule has 1 atom stereocenters. The Kier molecular flexibility index (Phi) is 7.04. The van der Waals surface area contributed by atoms with Gasteiger partial charge in [-0.3, -0.25) is 9.52 Å². The zero-order valence-electron chi connectivity index (χ0n) is 20.7. The van der Waals surface area contributed by atoms with Gasteiger partial charge in [-0.05, 0) is 74.7 Å². The van der Waals surface area contributed by atoms with Crippen LogP contribution < -0.4 is 14.5 Å². The molecule has 0 unspecified atom stereocenters. The monoisotopic (exact) mass is 544 g/mol. The molecule has 5 rings (SSSR count). The lowest BCUT2D eigenvalue weighted by Gasteiger charge is -2.41. The average molecular weight is 545 g/mol. The van der Waals surface area contributed by atoms with Gasteiger partial charge in [0.1, 0.15) is 17.7 Å². The Morgan fingerprint density at radius 1 is 1.08 bits per heavy atom. The number of aromatic nitrogens is 2. The first-order valence-electron chi connectivity index (χ1n) is 12.2. The van der Waals surface area contributed by atoms with Crippen LogP contribution in [0.15, 0.2) is 47.4 Å². The molecule has 3 heterocycles. The van der Waals surface area contributed by atoms with Crippen LogP contribution in [0.5, 0.6) is 0 Å². The standard InChI is InChI=1S/C25H29FN6O3S2/c1-17(32-11-3-4-19-16-20(26)5-10-23(19)32)24(33)31-14-12-30(13-15-31)21-6-8-22(9-7-21)37(34,35)29-25-27-18(2)28-36-25/h5-10,16-17H,3-4,11-15H2,1-2H3,(H,27,28,29)/t17-/m0/s1. The highest BCUT2D eigenvalue weighted by Crippen LogP contribution is 2.30. The number of piperazine rings is 1. The lowest BCUT2D eigenvalue weighted by molar-refractivity contribution is -0.132. The van der Waals surface area contributed by atoms with Crippen molar-refractivity contribution in [2.24, 2.45) is 0 Å². The Bertz CT molecular complexity index is 1390. The summed E-state index contributed by atoms with van der Waals surface area (Å²) in [5.41, 5.74) is 2.80. The maximum absolute atomic E-state index is 13.7. The van der Waals surface area contributed by atoms with Gasteiger partial charge in [-0.15, -0.1) is 0 Å². The largest absolute Gasteiger partial charge is 0.368 e. The van der Waals surface area contributed by atoms with E-state index in [1.54, 1.807) is 43.3 Å². The topological polar surface area (TPSA) is 98.7 Å². The van der Waals surface area contributed by atoms with Gasteiger partial charge in [0.2, 0.25) is 11.0 Å². The van der Waals surface area contributed by atoms with E-state index in [1.807, 2.05) is 11.8 Å². The summed E-state index contributed by atoms with van der Waals surface area (Å²) in [6.45, 7) is 6.84. The molecule has 12 heteroatoms. The lowest BCUT2D eigenvalue weighted by Crippen LogP contribution is -2.55. The molecule has 1 saturated heterocycles. The van der Waals surface area contributed by atoms with Crippen LogP contribution in [0.3, 0.4) is 0 Å². The van der Waals surface area contributed by atoms with Crippen molar-refractivity contribution >= 4 is 44.0 Å². The van der Waals surface area contributed by atoms with E-state index in [2.05, 4.69) is 23.9 Å². The van der Waals surface area contributed by atoms with Gasteiger partial charge in [0, 0.05) is 55.6 Å². The summed E-state index contributed by atoms with van der Waals surface area (Å²) in [5, 5.41) is 0.233. The third kappa shape index (κ3) is 5.40. The normalized spacial score (nSPS) is 16.9. The van der Waals surface area contributed by atoms with Gasteiger partial charge < -0.3 is 14.7 Å². The van der Waals surface area contributed by atoms with Crippen LogP contribution in [-0.4, -0.2) is 67.3 Å². The van der Waals surface area contributed by atoms with Gasteiger partial charge in [0.05, 0.1) is 4.90 Å². The third-order valence-electron chi connectivity index (χ3n) is 6.87. The summed E-state index contributed by atoms with van der Waals surface area (Å²) < 4.78 is 45.4. The first-order chi connectivity index (χ1) is 17.7. The molecule has 2 aliphatic heterocycles. The van der Waals surface area contributed by atoms with Crippen LogP contribution in [0.2, 0.25) is 0 Å². The van der Waals surface area contributed by atoms with Crippen LogP contribution in [0.4, 0.5) is 20.9 Å². The lowest BCUT2D eigenvalue weighted by atomic mass is 9.99. The second kappa shape index (κ2) is 10.3. The number of hydrogen-bond donors (Lipinski definition) is 1. The molecule has 3 aromatic rings. The van der Waals surface area contributed by atoms with Crippen molar-refractivity contribution in [1.29, 1.82) is 0 Å². The number of carbonyl (C=O) groups excluding carboxylic acids is 1. The highest BCUT2D eigenvalue weighted by atomic mass is 32.2. The SMILES string of the molecule is Cc1nsc(NS(=O)(=O)c2ccc(N3CCN(C(=O)[C@H](C)N4CCCc5cc(F)ccc54)CC3)cc2)n1. The summed E-state index contributed by atoms with van der Waals surface area (Å²) in [7, 11) is -3.75. The molecule has 2 aromatic carbocycles. The number of rotatable bonds is 6. The fourth-order valence-electron chi connectivity index (χ4n) is 4.93. The highest BCUT2D eigenvalue weighted by molar-refractivity contribution is 7.93. The number of anilines is 3. The average Bonchev–Trinajstić information content (AvgIpc) is 3.31. The zero-order valence-corrected chi connectivity index (χ0v) is 22.4. The quantitative estimate of drug-likeness (QED) is 0.509. The highest BCUT2D eigenvalue weighted by Gasteiger charge is 2.31. The predicted octanol–water partition coefficient (Wildman–Crippen LogP) is 3.28. The van der Waals surface area contributed by atoms with Crippen molar-refractivity contribution in [2.75, 3.05) is 47.2 Å². The van der Waals surface area contributed by atoms with Gasteiger partial charge in [-0.2, -0.15) is 4.37 Å². The number of nitrogens with one attached hydrogen (secondary N) is 1. The molecule has 1 N–H and O–H groups in total. The summed E-state index contributed by atoms with van der Waals surface area (Å²) >= 11 is 0.998. The summed E-state index contributed by atoms with van der Waals surface area (Å²) in [4.78, 5) is 23.6. The number of hydrogen-bond acceptors (Lipinski definition) is 8. The predicted molar refractivity (Wildman–Crippen MR) is 142 cm³/mol. The van der Waals surface area contributed by atoms with E-state index >= 15 is 0 Å². The fourth-order valence-corrected chi connectivity index (χ4v) is 6.73. The summed E-state index contributed by atoms with van der Waals surface area (Å²) in [5.74, 6) is 0.335. The number of aryl methyl sites for hydroxylation is 2. The van der Waals surface area contributed by atoms with Gasteiger partial charge in [0.15, 0.2) is 0 Å². The van der Waals surface area contributed by atoms with E-state index in [0.717, 1.165) is 47.9 Å². The van der Waals surface area contributed by atoms with E-state index in [0.29, 0.717) is 32.0 Å². The molecule has 37 heavy (non-hydrogen) atoms. The maximum atomic E-state index is 13.7. The molecule has 0 aliphatic carbocycles. The van der Waals surface area contributed by atoms with Crippen LogP contribution in [0.1, 0.15) is 24.7 Å². The minimum atomic E-state index is -3.75. The van der Waals surface area contributed by atoms with Crippen molar-refractivity contribution < 1.29 is 17.6 Å². The number of sulfonamides is 1. The first kappa shape index (κ1) is 25.4. The van der Waals surface area contributed by atoms with Crippen molar-refractivity contribution in [2.45, 2.75) is 37.6 Å². The number of benzene rings is 2. The molecule has 1 aromatic heterocycles. The van der Waals surface area contributed by atoms with Crippen LogP contribution in [0.25, 0.3) is 0 Å². The molecule has 0 saturated carbocycles. The second-order valence-electron chi connectivity index (χ2n) is 9.30. The van der Waals surface area contributed by atoms with E-state index in [1.165, 1.54) is 6.07 Å². The second-order valence-corrected chi connectivity index (χ2v) is 11.7. The number of carbonyl (C=O) groups is 1. The van der Waals surface area contributed by atoms with E-state index in [4.69, 9.17) is 0 Å². The fraction of sp³-hybridized carbons (Fsp3) is 0.400. The Morgan fingerprint density at radius 2 is 1.81 bits per heavy atom. The molecule has 0 bridgehead atoms. The smallest absolute Gasteiger partial charge is 0.263 e. The number of nitrogens with zero attached hydrogens (tertiary/aromatic N) is 5. The Morgan fingerprint density at radius 3 is 2.49 bits per heavy atom. The van der Waals surface area contributed by atoms with Crippen LogP contribution in [-0.2, 0) is 21.2 Å². The van der Waals surface area contributed by atoms with Gasteiger partial charge in [-0.25, -0.2) is 17.8 Å². The third-order valence-corrected chi connectivity index (χ3v) is 9.08. The summed E-state index contributed by atoms with van der Waals surface area (Å²) in [6, 6.07) is 11.2. The van der Waals surface area contributed by atoms with E-state index in [9.17, 15) is 17.6 Å². The molecule has 9 nitrogen and oxygen atoms in total. The molecular weight excluding hydrogens is 515 g/mol. The molecule has 1 amide bonds. The minimum absolute atomic E-state index is 0.0660. The molecular formula is C25H29FN6O3S2. The van der Waals surface area contributed by atoms with Gasteiger partial charge in [-0.1, -0.05) is 0 Å². The first-order valence-corrected chi connectivity index (χ1v) is 14.5. The number of halogens is 1. The van der Waals surface area contributed by atoms with Crippen molar-refractivity contribution in [1.82, 2.24) is 14.3 Å². The van der Waals surface area contributed by atoms with Crippen molar-refractivity contribution in [3.8, 4) is 0 Å². The van der Waals surface area contributed by atoms with Gasteiger partial charge in [0.25, 0.3) is 10.0 Å². The Balaban J connectivity index is 1.19. The van der Waals surface area contributed by atoms with Crippen molar-refractivity contribution in [3.63, 3.8) is 0 Å². The van der Waals surface area contributed by atoms with E-state index < -0.39 is 10.0 Å². The molecule has 1 fully saturated rings. The minimum Gasteiger partial charge on any atom is -0.368 e. The van der Waals surface area contributed by atoms with Crippen molar-refractivity contribution in [3.05, 3.63) is 59.7 Å². The number of fused-ring (bicyclic) bond motifs is 1. The van der Waals surface area contributed by atoms with Crippen LogP contribution >= 0.6 is 11.5 Å². The summed E-state index contributed by atoms with van der Waals surface area (Å²) in [6.07, 6.45) is 1.71. The molecule has 0 spiro atoms. The van der Waals surface area contributed by atoms with E-state index in [-0.39, 0.29) is 27.8 Å². The molecule has 196 valence electrons. The molecule has 0 radical (unpaired) electrons. The maximum Gasteiger partial charge on any atom is 0.263 e. The number of amides is 1.